The van der Waals surface area contributed by atoms with E-state index < -0.39 is 0 Å². The van der Waals surface area contributed by atoms with Crippen molar-refractivity contribution in [3.05, 3.63) is 48.0 Å². The second kappa shape index (κ2) is 9.24. The molecule has 3 heterocycles. The minimum absolute atomic E-state index is 0.0654. The standard InChI is InChI=1S/C19H26N4O3/c1-2-25-18-15(7-5-9-20-18)13-21-19(24)22-14-16(17-8-6-12-26-17)23-10-3-4-11-23/h5-9,12,16H,2-4,10-11,13-14H2,1H3,(H2,21,22,24). The lowest BCUT2D eigenvalue weighted by Crippen LogP contribution is -2.41. The minimum atomic E-state index is -0.216. The van der Waals surface area contributed by atoms with E-state index >= 15 is 0 Å². The third-order valence-corrected chi connectivity index (χ3v) is 4.48. The summed E-state index contributed by atoms with van der Waals surface area (Å²) in [6, 6.07) is 7.43. The van der Waals surface area contributed by atoms with Gasteiger partial charge in [-0.3, -0.25) is 4.90 Å². The van der Waals surface area contributed by atoms with E-state index in [0.717, 1.165) is 24.4 Å². The molecule has 1 atom stereocenters. The van der Waals surface area contributed by atoms with Crippen molar-refractivity contribution >= 4 is 6.03 Å². The molecule has 1 aliphatic rings. The fraction of sp³-hybridized carbons (Fsp3) is 0.474. The van der Waals surface area contributed by atoms with Crippen LogP contribution in [-0.2, 0) is 6.54 Å². The van der Waals surface area contributed by atoms with Crippen LogP contribution < -0.4 is 15.4 Å². The summed E-state index contributed by atoms with van der Waals surface area (Å²) in [5.41, 5.74) is 0.853. The largest absolute Gasteiger partial charge is 0.478 e. The third-order valence-electron chi connectivity index (χ3n) is 4.48. The van der Waals surface area contributed by atoms with Gasteiger partial charge in [-0.15, -0.1) is 0 Å². The van der Waals surface area contributed by atoms with Crippen molar-refractivity contribution < 1.29 is 13.9 Å². The molecule has 26 heavy (non-hydrogen) atoms. The van der Waals surface area contributed by atoms with E-state index in [1.54, 1.807) is 12.5 Å². The zero-order chi connectivity index (χ0) is 18.2. The minimum Gasteiger partial charge on any atom is -0.478 e. The molecule has 1 unspecified atom stereocenters. The smallest absolute Gasteiger partial charge is 0.315 e. The number of carbonyl (C=O) groups excluding carboxylic acids is 1. The van der Waals surface area contributed by atoms with Crippen LogP contribution in [0.3, 0.4) is 0 Å². The lowest BCUT2D eigenvalue weighted by Gasteiger charge is -2.26. The van der Waals surface area contributed by atoms with Gasteiger partial charge >= 0.3 is 6.03 Å². The van der Waals surface area contributed by atoms with Gasteiger partial charge < -0.3 is 19.8 Å². The van der Waals surface area contributed by atoms with E-state index in [1.807, 2.05) is 31.2 Å². The average Bonchev–Trinajstić information content (AvgIpc) is 3.36. The fourth-order valence-corrected chi connectivity index (χ4v) is 3.20. The van der Waals surface area contributed by atoms with Gasteiger partial charge in [-0.2, -0.15) is 0 Å². The number of carbonyl (C=O) groups is 1. The predicted octanol–water partition coefficient (Wildman–Crippen LogP) is 2.71. The van der Waals surface area contributed by atoms with Crippen LogP contribution in [0.25, 0.3) is 0 Å². The average molecular weight is 358 g/mol. The second-order valence-corrected chi connectivity index (χ2v) is 6.24. The Morgan fingerprint density at radius 2 is 2.15 bits per heavy atom. The predicted molar refractivity (Wildman–Crippen MR) is 97.9 cm³/mol. The van der Waals surface area contributed by atoms with Crippen LogP contribution in [0.1, 0.15) is 37.1 Å². The second-order valence-electron chi connectivity index (χ2n) is 6.24. The topological polar surface area (TPSA) is 79.6 Å². The first-order valence-electron chi connectivity index (χ1n) is 9.13. The molecular formula is C19H26N4O3. The molecule has 1 saturated heterocycles. The van der Waals surface area contributed by atoms with Crippen LogP contribution >= 0.6 is 0 Å². The molecule has 1 aliphatic heterocycles. The molecule has 0 radical (unpaired) electrons. The molecule has 2 N–H and O–H groups in total. The number of ether oxygens (including phenoxy) is 1. The van der Waals surface area contributed by atoms with Crippen LogP contribution in [0.4, 0.5) is 4.79 Å². The summed E-state index contributed by atoms with van der Waals surface area (Å²) < 4.78 is 11.1. The summed E-state index contributed by atoms with van der Waals surface area (Å²) in [4.78, 5) is 18.8. The molecular weight excluding hydrogens is 332 g/mol. The van der Waals surface area contributed by atoms with Gasteiger partial charge in [0.1, 0.15) is 5.76 Å². The molecule has 3 rings (SSSR count). The number of rotatable bonds is 8. The van der Waals surface area contributed by atoms with E-state index in [0.29, 0.717) is 25.6 Å². The van der Waals surface area contributed by atoms with Gasteiger partial charge in [0, 0.05) is 24.8 Å². The van der Waals surface area contributed by atoms with E-state index in [-0.39, 0.29) is 12.1 Å². The van der Waals surface area contributed by atoms with Crippen molar-refractivity contribution in [3.8, 4) is 5.88 Å². The van der Waals surface area contributed by atoms with E-state index in [1.165, 1.54) is 12.8 Å². The molecule has 1 fully saturated rings. The van der Waals surface area contributed by atoms with Gasteiger partial charge in [0.2, 0.25) is 5.88 Å². The Balaban J connectivity index is 1.52. The monoisotopic (exact) mass is 358 g/mol. The summed E-state index contributed by atoms with van der Waals surface area (Å²) in [6.07, 6.45) is 5.73. The number of urea groups is 1. The maximum atomic E-state index is 12.2. The number of pyridine rings is 1. The van der Waals surface area contributed by atoms with Crippen molar-refractivity contribution in [2.75, 3.05) is 26.2 Å². The zero-order valence-electron chi connectivity index (χ0n) is 15.1. The van der Waals surface area contributed by atoms with Gasteiger partial charge in [0.05, 0.1) is 18.9 Å². The van der Waals surface area contributed by atoms with Crippen LogP contribution in [0.2, 0.25) is 0 Å². The number of hydrogen-bond donors (Lipinski definition) is 2. The Morgan fingerprint density at radius 3 is 2.88 bits per heavy atom. The molecule has 7 heteroatoms. The molecule has 0 aromatic carbocycles. The van der Waals surface area contributed by atoms with Crippen molar-refractivity contribution in [2.24, 2.45) is 0 Å². The highest BCUT2D eigenvalue weighted by atomic mass is 16.5. The van der Waals surface area contributed by atoms with Crippen molar-refractivity contribution in [2.45, 2.75) is 32.4 Å². The first-order chi connectivity index (χ1) is 12.8. The highest BCUT2D eigenvalue weighted by Gasteiger charge is 2.25. The van der Waals surface area contributed by atoms with Crippen LogP contribution in [0.5, 0.6) is 5.88 Å². The lowest BCUT2D eigenvalue weighted by molar-refractivity contribution is 0.203. The molecule has 2 aromatic heterocycles. The molecule has 7 nitrogen and oxygen atoms in total. The number of nitrogens with zero attached hydrogens (tertiary/aromatic N) is 2. The van der Waals surface area contributed by atoms with E-state index in [9.17, 15) is 4.79 Å². The summed E-state index contributed by atoms with van der Waals surface area (Å²) in [5, 5.41) is 5.83. The maximum Gasteiger partial charge on any atom is 0.315 e. The molecule has 0 spiro atoms. The van der Waals surface area contributed by atoms with Gasteiger partial charge in [0.15, 0.2) is 0 Å². The van der Waals surface area contributed by atoms with Crippen molar-refractivity contribution in [1.29, 1.82) is 0 Å². The van der Waals surface area contributed by atoms with Crippen LogP contribution in [0.15, 0.2) is 41.1 Å². The Bertz CT molecular complexity index is 684. The van der Waals surface area contributed by atoms with Gasteiger partial charge in [-0.1, -0.05) is 6.07 Å². The van der Waals surface area contributed by atoms with E-state index in [2.05, 4.69) is 20.5 Å². The maximum absolute atomic E-state index is 12.2. The molecule has 2 amide bonds. The lowest BCUT2D eigenvalue weighted by atomic mass is 10.2. The number of furan rings is 1. The van der Waals surface area contributed by atoms with Crippen LogP contribution in [-0.4, -0.2) is 42.2 Å². The summed E-state index contributed by atoms with van der Waals surface area (Å²) >= 11 is 0. The highest BCUT2D eigenvalue weighted by Crippen LogP contribution is 2.24. The van der Waals surface area contributed by atoms with Gasteiger partial charge in [-0.05, 0) is 51.1 Å². The molecule has 140 valence electrons. The number of aromatic nitrogens is 1. The number of likely N-dealkylation sites (tertiary alicyclic amines) is 1. The molecule has 0 aliphatic carbocycles. The quantitative estimate of drug-likeness (QED) is 0.758. The fourth-order valence-electron chi connectivity index (χ4n) is 3.20. The first-order valence-corrected chi connectivity index (χ1v) is 9.13. The number of nitrogens with one attached hydrogen (secondary N) is 2. The Morgan fingerprint density at radius 1 is 1.31 bits per heavy atom. The van der Waals surface area contributed by atoms with Crippen molar-refractivity contribution in [1.82, 2.24) is 20.5 Å². The number of hydrogen-bond acceptors (Lipinski definition) is 5. The summed E-state index contributed by atoms with van der Waals surface area (Å²) in [7, 11) is 0. The van der Waals surface area contributed by atoms with E-state index in [4.69, 9.17) is 9.15 Å². The highest BCUT2D eigenvalue weighted by molar-refractivity contribution is 5.73. The number of amides is 2. The molecule has 2 aromatic rings. The molecule has 0 saturated carbocycles. The third kappa shape index (κ3) is 4.76. The normalized spacial score (nSPS) is 15.6. The zero-order valence-corrected chi connectivity index (χ0v) is 15.1. The van der Waals surface area contributed by atoms with Gasteiger partial charge in [-0.25, -0.2) is 9.78 Å². The summed E-state index contributed by atoms with van der Waals surface area (Å²) in [5.74, 6) is 1.44. The SMILES string of the molecule is CCOc1ncccc1CNC(=O)NCC(c1ccco1)N1CCCC1. The van der Waals surface area contributed by atoms with Crippen LogP contribution in [0, 0.1) is 0 Å². The Labute approximate surface area is 153 Å². The van der Waals surface area contributed by atoms with Gasteiger partial charge in [0.25, 0.3) is 0 Å². The Kier molecular flexibility index (Phi) is 6.49. The molecule has 0 bridgehead atoms. The summed E-state index contributed by atoms with van der Waals surface area (Å²) in [6.45, 7) is 5.38. The Hall–Kier alpha value is -2.54. The first kappa shape index (κ1) is 18.3. The van der Waals surface area contributed by atoms with Crippen molar-refractivity contribution in [3.63, 3.8) is 0 Å².